The maximum absolute atomic E-state index is 8.92. The van der Waals surface area contributed by atoms with E-state index < -0.39 is 0 Å². The first kappa shape index (κ1) is 10.8. The van der Waals surface area contributed by atoms with E-state index in [1.165, 1.54) is 0 Å². The van der Waals surface area contributed by atoms with Gasteiger partial charge in [-0.2, -0.15) is 5.26 Å². The number of rotatable bonds is 3. The standard InChI is InChI=1S/C12H12ClN/c1-2-3-4-11(9-14)10-5-7-12(13)8-6-10/h4-8H,2-3H2,1H3/b11-4+. The van der Waals surface area contributed by atoms with Crippen LogP contribution in [0.4, 0.5) is 0 Å². The van der Waals surface area contributed by atoms with Crippen molar-refractivity contribution in [1.29, 1.82) is 5.26 Å². The molecule has 2 heteroatoms. The van der Waals surface area contributed by atoms with Crippen LogP contribution in [0, 0.1) is 11.3 Å². The fourth-order valence-corrected chi connectivity index (χ4v) is 1.27. The van der Waals surface area contributed by atoms with Gasteiger partial charge in [0.25, 0.3) is 0 Å². The summed E-state index contributed by atoms with van der Waals surface area (Å²) >= 11 is 5.76. The van der Waals surface area contributed by atoms with Crippen LogP contribution in [-0.4, -0.2) is 0 Å². The van der Waals surface area contributed by atoms with Crippen LogP contribution >= 0.6 is 11.6 Å². The van der Waals surface area contributed by atoms with Crippen molar-refractivity contribution in [2.75, 3.05) is 0 Å². The molecular formula is C12H12ClN. The Bertz CT molecular complexity index is 357. The minimum atomic E-state index is 0.696. The van der Waals surface area contributed by atoms with Gasteiger partial charge in [0, 0.05) is 5.02 Å². The van der Waals surface area contributed by atoms with Crippen LogP contribution in [-0.2, 0) is 0 Å². The number of hydrogen-bond acceptors (Lipinski definition) is 1. The summed E-state index contributed by atoms with van der Waals surface area (Å²) in [5.41, 5.74) is 1.66. The fraction of sp³-hybridized carbons (Fsp3) is 0.250. The first-order valence-corrected chi connectivity index (χ1v) is 5.02. The van der Waals surface area contributed by atoms with Gasteiger partial charge in [-0.25, -0.2) is 0 Å². The maximum Gasteiger partial charge on any atom is 0.0994 e. The van der Waals surface area contributed by atoms with Gasteiger partial charge in [0.1, 0.15) is 0 Å². The third-order valence-electron chi connectivity index (χ3n) is 1.91. The molecule has 0 heterocycles. The van der Waals surface area contributed by atoms with Gasteiger partial charge < -0.3 is 0 Å². The molecule has 1 nitrogen and oxygen atoms in total. The molecule has 0 fully saturated rings. The second-order valence-electron chi connectivity index (χ2n) is 3.03. The van der Waals surface area contributed by atoms with Gasteiger partial charge in [-0.15, -0.1) is 0 Å². The molecule has 0 saturated carbocycles. The molecule has 0 amide bonds. The van der Waals surface area contributed by atoms with Crippen LogP contribution in [0.5, 0.6) is 0 Å². The summed E-state index contributed by atoms with van der Waals surface area (Å²) in [6.45, 7) is 2.09. The molecule has 0 N–H and O–H groups in total. The third-order valence-corrected chi connectivity index (χ3v) is 2.16. The highest BCUT2D eigenvalue weighted by Gasteiger charge is 1.98. The molecule has 0 saturated heterocycles. The second-order valence-corrected chi connectivity index (χ2v) is 3.46. The van der Waals surface area contributed by atoms with Crippen molar-refractivity contribution in [1.82, 2.24) is 0 Å². The van der Waals surface area contributed by atoms with E-state index in [4.69, 9.17) is 16.9 Å². The van der Waals surface area contributed by atoms with Crippen LogP contribution in [0.1, 0.15) is 25.3 Å². The summed E-state index contributed by atoms with van der Waals surface area (Å²) in [6.07, 6.45) is 3.95. The molecule has 1 aromatic carbocycles. The van der Waals surface area contributed by atoms with Crippen molar-refractivity contribution >= 4 is 17.2 Å². The number of nitrogens with zero attached hydrogens (tertiary/aromatic N) is 1. The van der Waals surface area contributed by atoms with Gasteiger partial charge >= 0.3 is 0 Å². The van der Waals surface area contributed by atoms with E-state index in [-0.39, 0.29) is 0 Å². The molecule has 0 aromatic heterocycles. The Morgan fingerprint density at radius 1 is 1.43 bits per heavy atom. The van der Waals surface area contributed by atoms with Crippen molar-refractivity contribution in [3.05, 3.63) is 40.9 Å². The highest BCUT2D eigenvalue weighted by Crippen LogP contribution is 2.17. The van der Waals surface area contributed by atoms with Crippen LogP contribution in [0.15, 0.2) is 30.3 Å². The first-order chi connectivity index (χ1) is 6.77. The van der Waals surface area contributed by atoms with Crippen molar-refractivity contribution < 1.29 is 0 Å². The Kier molecular flexibility index (Phi) is 4.22. The van der Waals surface area contributed by atoms with Crippen LogP contribution < -0.4 is 0 Å². The number of hydrogen-bond donors (Lipinski definition) is 0. The number of benzene rings is 1. The van der Waals surface area contributed by atoms with Gasteiger partial charge in [0.05, 0.1) is 11.6 Å². The molecule has 14 heavy (non-hydrogen) atoms. The van der Waals surface area contributed by atoms with Crippen LogP contribution in [0.25, 0.3) is 5.57 Å². The van der Waals surface area contributed by atoms with Crippen molar-refractivity contribution in [3.63, 3.8) is 0 Å². The Labute approximate surface area is 89.6 Å². The van der Waals surface area contributed by atoms with Gasteiger partial charge in [-0.05, 0) is 24.1 Å². The predicted octanol–water partition coefficient (Wildman–Crippen LogP) is 4.05. The summed E-state index contributed by atoms with van der Waals surface area (Å²) in [4.78, 5) is 0. The zero-order valence-electron chi connectivity index (χ0n) is 8.13. The number of halogens is 1. The molecule has 0 atom stereocenters. The van der Waals surface area contributed by atoms with Crippen LogP contribution in [0.2, 0.25) is 5.02 Å². The molecule has 0 aliphatic rings. The minimum Gasteiger partial charge on any atom is -0.192 e. The van der Waals surface area contributed by atoms with E-state index in [0.29, 0.717) is 5.02 Å². The van der Waals surface area contributed by atoms with E-state index in [2.05, 4.69) is 13.0 Å². The largest absolute Gasteiger partial charge is 0.192 e. The highest BCUT2D eigenvalue weighted by atomic mass is 35.5. The molecular weight excluding hydrogens is 194 g/mol. The zero-order valence-corrected chi connectivity index (χ0v) is 8.88. The van der Waals surface area contributed by atoms with Crippen molar-refractivity contribution in [2.45, 2.75) is 19.8 Å². The Morgan fingerprint density at radius 3 is 2.57 bits per heavy atom. The number of unbranched alkanes of at least 4 members (excludes halogenated alkanes) is 1. The molecule has 0 bridgehead atoms. The predicted molar refractivity (Wildman–Crippen MR) is 60.0 cm³/mol. The second kappa shape index (κ2) is 5.47. The quantitative estimate of drug-likeness (QED) is 0.683. The lowest BCUT2D eigenvalue weighted by Crippen LogP contribution is -1.80. The lowest BCUT2D eigenvalue weighted by molar-refractivity contribution is 0.960. The van der Waals surface area contributed by atoms with Gasteiger partial charge in [-0.3, -0.25) is 0 Å². The van der Waals surface area contributed by atoms with Gasteiger partial charge in [0.2, 0.25) is 0 Å². The highest BCUT2D eigenvalue weighted by molar-refractivity contribution is 6.30. The average molecular weight is 206 g/mol. The van der Waals surface area contributed by atoms with Crippen molar-refractivity contribution in [3.8, 4) is 6.07 Å². The van der Waals surface area contributed by atoms with E-state index >= 15 is 0 Å². The lowest BCUT2D eigenvalue weighted by Gasteiger charge is -1.98. The molecule has 1 rings (SSSR count). The molecule has 72 valence electrons. The maximum atomic E-state index is 8.92. The van der Waals surface area contributed by atoms with Gasteiger partial charge in [0.15, 0.2) is 0 Å². The van der Waals surface area contributed by atoms with Crippen molar-refractivity contribution in [2.24, 2.45) is 0 Å². The molecule has 1 aromatic rings. The zero-order chi connectivity index (χ0) is 10.4. The SMILES string of the molecule is CCC/C=C(\C#N)c1ccc(Cl)cc1. The normalized spacial score (nSPS) is 11.1. The topological polar surface area (TPSA) is 23.8 Å². The Morgan fingerprint density at radius 2 is 2.07 bits per heavy atom. The van der Waals surface area contributed by atoms with E-state index in [0.717, 1.165) is 24.0 Å². The Balaban J connectivity index is 2.91. The summed E-state index contributed by atoms with van der Waals surface area (Å²) in [7, 11) is 0. The summed E-state index contributed by atoms with van der Waals surface area (Å²) < 4.78 is 0. The molecule has 0 unspecified atom stereocenters. The molecule has 0 aliphatic carbocycles. The smallest absolute Gasteiger partial charge is 0.0994 e. The summed E-state index contributed by atoms with van der Waals surface area (Å²) in [6, 6.07) is 9.53. The molecule has 0 radical (unpaired) electrons. The van der Waals surface area contributed by atoms with E-state index in [9.17, 15) is 0 Å². The number of allylic oxidation sites excluding steroid dienone is 2. The lowest BCUT2D eigenvalue weighted by atomic mass is 10.1. The van der Waals surface area contributed by atoms with E-state index in [1.54, 1.807) is 12.1 Å². The molecule has 0 spiro atoms. The summed E-state index contributed by atoms with van der Waals surface area (Å²) in [5, 5.41) is 9.62. The van der Waals surface area contributed by atoms with Crippen LogP contribution in [0.3, 0.4) is 0 Å². The van der Waals surface area contributed by atoms with Gasteiger partial charge in [-0.1, -0.05) is 43.2 Å². The average Bonchev–Trinajstić information content (AvgIpc) is 2.21. The molecule has 0 aliphatic heterocycles. The minimum absolute atomic E-state index is 0.696. The summed E-state index contributed by atoms with van der Waals surface area (Å²) in [5.74, 6) is 0. The van der Waals surface area contributed by atoms with E-state index in [1.807, 2.05) is 18.2 Å². The third kappa shape index (κ3) is 2.90. The Hall–Kier alpha value is -1.26. The number of nitriles is 1. The monoisotopic (exact) mass is 205 g/mol. The first-order valence-electron chi connectivity index (χ1n) is 4.64. The fourth-order valence-electron chi connectivity index (χ4n) is 1.15.